The van der Waals surface area contributed by atoms with Crippen molar-refractivity contribution in [1.82, 2.24) is 9.78 Å². The second-order valence-corrected chi connectivity index (χ2v) is 7.42. The summed E-state index contributed by atoms with van der Waals surface area (Å²) >= 11 is 4.19. The molecule has 2 heterocycles. The number of carbonyl (C=O) groups is 3. The highest BCUT2D eigenvalue weighted by Crippen LogP contribution is 2.33. The predicted molar refractivity (Wildman–Crippen MR) is 96.7 cm³/mol. The van der Waals surface area contributed by atoms with Gasteiger partial charge >= 0.3 is 5.97 Å². The fraction of sp³-hybridized carbons (Fsp3) is 0.333. The number of anilines is 1. The van der Waals surface area contributed by atoms with Gasteiger partial charge in [0.2, 0.25) is 5.91 Å². The molecule has 3 N–H and O–H groups in total. The first-order valence-electron chi connectivity index (χ1n) is 7.31. The quantitative estimate of drug-likeness (QED) is 0.684. The molecule has 10 heteroatoms. The number of hydrogen-bond donors (Lipinski definition) is 2. The van der Waals surface area contributed by atoms with Gasteiger partial charge in [-0.1, -0.05) is 0 Å². The molecule has 0 aliphatic carbocycles. The zero-order valence-corrected chi connectivity index (χ0v) is 16.2. The lowest BCUT2D eigenvalue weighted by molar-refractivity contribution is -0.116. The molecule has 0 unspecified atom stereocenters. The third-order valence-corrected chi connectivity index (χ3v) is 4.71. The van der Waals surface area contributed by atoms with Gasteiger partial charge in [-0.15, -0.1) is 11.3 Å². The van der Waals surface area contributed by atoms with Crippen molar-refractivity contribution in [3.63, 3.8) is 0 Å². The zero-order valence-electron chi connectivity index (χ0n) is 13.8. The number of halogens is 1. The van der Waals surface area contributed by atoms with Crippen LogP contribution in [0.3, 0.4) is 0 Å². The number of aromatic nitrogens is 2. The van der Waals surface area contributed by atoms with Crippen LogP contribution in [-0.4, -0.2) is 33.7 Å². The van der Waals surface area contributed by atoms with E-state index in [0.29, 0.717) is 5.56 Å². The monoisotopic (exact) mass is 428 g/mol. The van der Waals surface area contributed by atoms with Gasteiger partial charge in [0.1, 0.15) is 11.5 Å². The van der Waals surface area contributed by atoms with Crippen molar-refractivity contribution in [3.05, 3.63) is 32.9 Å². The average Bonchev–Trinajstić information content (AvgIpc) is 3.01. The second kappa shape index (κ2) is 7.79. The number of amides is 2. The lowest BCUT2D eigenvalue weighted by Gasteiger charge is -2.10. The summed E-state index contributed by atoms with van der Waals surface area (Å²) in [6.45, 7) is 4.96. The maximum atomic E-state index is 12.3. The van der Waals surface area contributed by atoms with Gasteiger partial charge in [-0.2, -0.15) is 5.10 Å². The fourth-order valence-electron chi connectivity index (χ4n) is 2.09. The minimum absolute atomic E-state index is 0.0485. The number of nitrogens with two attached hydrogens (primary N) is 1. The predicted octanol–water partition coefficient (Wildman–Crippen LogP) is 2.32. The van der Waals surface area contributed by atoms with Crippen LogP contribution in [0.2, 0.25) is 0 Å². The van der Waals surface area contributed by atoms with Crippen LogP contribution >= 0.6 is 27.3 Å². The summed E-state index contributed by atoms with van der Waals surface area (Å²) < 4.78 is 7.37. The van der Waals surface area contributed by atoms with Crippen LogP contribution in [0.15, 0.2) is 16.9 Å². The summed E-state index contributed by atoms with van der Waals surface area (Å²) in [7, 11) is 0. The van der Waals surface area contributed by atoms with E-state index in [0.717, 1.165) is 15.8 Å². The molecule has 0 saturated heterocycles. The maximum Gasteiger partial charge on any atom is 0.341 e. The van der Waals surface area contributed by atoms with Gasteiger partial charge in [0, 0.05) is 6.20 Å². The molecule has 0 aromatic carbocycles. The van der Waals surface area contributed by atoms with E-state index in [1.165, 1.54) is 4.68 Å². The van der Waals surface area contributed by atoms with Crippen molar-refractivity contribution >= 4 is 50.1 Å². The number of nitrogens with zero attached hydrogens (tertiary/aromatic N) is 2. The van der Waals surface area contributed by atoms with E-state index in [-0.39, 0.29) is 28.1 Å². The first-order chi connectivity index (χ1) is 11.7. The first kappa shape index (κ1) is 19.1. The van der Waals surface area contributed by atoms with Crippen LogP contribution < -0.4 is 11.1 Å². The molecule has 0 fully saturated rings. The molecular formula is C15H17BrN4O4S. The number of thiophene rings is 1. The third-order valence-electron chi connectivity index (χ3n) is 3.08. The minimum atomic E-state index is -0.669. The number of esters is 1. The van der Waals surface area contributed by atoms with E-state index in [1.807, 2.05) is 0 Å². The van der Waals surface area contributed by atoms with Gasteiger partial charge < -0.3 is 15.8 Å². The van der Waals surface area contributed by atoms with Crippen LogP contribution in [0.25, 0.3) is 0 Å². The Morgan fingerprint density at radius 1 is 1.44 bits per heavy atom. The summed E-state index contributed by atoms with van der Waals surface area (Å²) in [5.41, 5.74) is 5.87. The molecule has 0 bridgehead atoms. The first-order valence-corrected chi connectivity index (χ1v) is 8.92. The molecule has 0 saturated carbocycles. The maximum absolute atomic E-state index is 12.3. The van der Waals surface area contributed by atoms with E-state index < -0.39 is 17.8 Å². The van der Waals surface area contributed by atoms with Crippen molar-refractivity contribution in [2.24, 2.45) is 5.73 Å². The summed E-state index contributed by atoms with van der Waals surface area (Å²) in [6, 6.07) is 0. The standard InChI is InChI=1S/C15H17BrN4O4S/c1-7(2)24-15(23)11-8(3)12(13(17)22)25-14(11)19-10(21)6-20-5-9(16)4-18-20/h4-5,7H,6H2,1-3H3,(H2,17,22)(H,19,21). The number of hydrogen-bond acceptors (Lipinski definition) is 6. The highest BCUT2D eigenvalue weighted by molar-refractivity contribution is 9.10. The molecule has 2 amide bonds. The molecule has 0 aliphatic heterocycles. The lowest BCUT2D eigenvalue weighted by atomic mass is 10.1. The van der Waals surface area contributed by atoms with Gasteiger partial charge in [-0.05, 0) is 42.3 Å². The number of primary amides is 1. The van der Waals surface area contributed by atoms with Crippen LogP contribution in [0.1, 0.15) is 39.4 Å². The number of rotatable bonds is 6. The van der Waals surface area contributed by atoms with Crippen LogP contribution in [0, 0.1) is 6.92 Å². The molecular weight excluding hydrogens is 412 g/mol. The Balaban J connectivity index is 2.28. The Bertz CT molecular complexity index is 828. The summed E-state index contributed by atoms with van der Waals surface area (Å²) in [4.78, 5) is 36.3. The molecule has 0 spiro atoms. The normalized spacial score (nSPS) is 10.8. The molecule has 2 aromatic heterocycles. The molecule has 0 radical (unpaired) electrons. The van der Waals surface area contributed by atoms with E-state index in [4.69, 9.17) is 10.5 Å². The highest BCUT2D eigenvalue weighted by Gasteiger charge is 2.26. The van der Waals surface area contributed by atoms with Gasteiger partial charge in [-0.25, -0.2) is 4.79 Å². The van der Waals surface area contributed by atoms with E-state index in [2.05, 4.69) is 26.3 Å². The Hall–Kier alpha value is -2.20. The van der Waals surface area contributed by atoms with E-state index in [9.17, 15) is 14.4 Å². The zero-order chi connectivity index (χ0) is 18.7. The third kappa shape index (κ3) is 4.67. The number of nitrogens with one attached hydrogen (secondary N) is 1. The summed E-state index contributed by atoms with van der Waals surface area (Å²) in [6.07, 6.45) is 2.86. The van der Waals surface area contributed by atoms with Gasteiger partial charge in [-0.3, -0.25) is 14.3 Å². The number of carbonyl (C=O) groups excluding carboxylic acids is 3. The van der Waals surface area contributed by atoms with Crippen LogP contribution in [-0.2, 0) is 16.1 Å². The Morgan fingerprint density at radius 2 is 2.12 bits per heavy atom. The fourth-order valence-corrected chi connectivity index (χ4v) is 3.48. The summed E-state index contributed by atoms with van der Waals surface area (Å²) in [5, 5.41) is 6.86. The minimum Gasteiger partial charge on any atom is -0.459 e. The Morgan fingerprint density at radius 3 is 2.64 bits per heavy atom. The SMILES string of the molecule is Cc1c(C(N)=O)sc(NC(=O)Cn2cc(Br)cn2)c1C(=O)OC(C)C. The van der Waals surface area contributed by atoms with Crippen molar-refractivity contribution in [2.75, 3.05) is 5.32 Å². The van der Waals surface area contributed by atoms with Gasteiger partial charge in [0.25, 0.3) is 5.91 Å². The Kier molecular flexibility index (Phi) is 5.96. The lowest BCUT2D eigenvalue weighted by Crippen LogP contribution is -2.20. The average molecular weight is 429 g/mol. The molecule has 8 nitrogen and oxygen atoms in total. The largest absolute Gasteiger partial charge is 0.459 e. The molecule has 25 heavy (non-hydrogen) atoms. The molecule has 0 aliphatic rings. The molecule has 2 aromatic rings. The van der Waals surface area contributed by atoms with E-state index in [1.54, 1.807) is 33.2 Å². The van der Waals surface area contributed by atoms with Gasteiger partial charge in [0.05, 0.1) is 27.2 Å². The smallest absolute Gasteiger partial charge is 0.341 e. The highest BCUT2D eigenvalue weighted by atomic mass is 79.9. The topological polar surface area (TPSA) is 116 Å². The van der Waals surface area contributed by atoms with Crippen molar-refractivity contribution in [1.29, 1.82) is 0 Å². The molecule has 0 atom stereocenters. The molecule has 2 rings (SSSR count). The van der Waals surface area contributed by atoms with Crippen LogP contribution in [0.5, 0.6) is 0 Å². The Labute approximate surface area is 156 Å². The molecule has 134 valence electrons. The van der Waals surface area contributed by atoms with Crippen molar-refractivity contribution in [2.45, 2.75) is 33.4 Å². The number of ether oxygens (including phenoxy) is 1. The summed E-state index contributed by atoms with van der Waals surface area (Å²) in [5.74, 6) is -1.68. The van der Waals surface area contributed by atoms with E-state index >= 15 is 0 Å². The van der Waals surface area contributed by atoms with Gasteiger partial charge in [0.15, 0.2) is 0 Å². The second-order valence-electron chi connectivity index (χ2n) is 5.48. The van der Waals surface area contributed by atoms with Crippen molar-refractivity contribution in [3.8, 4) is 0 Å². The van der Waals surface area contributed by atoms with Crippen molar-refractivity contribution < 1.29 is 19.1 Å². The van der Waals surface area contributed by atoms with Crippen LogP contribution in [0.4, 0.5) is 5.00 Å².